The molecule has 4 rings (SSSR count). The van der Waals surface area contributed by atoms with Gasteiger partial charge in [0.05, 0.1) is 16.3 Å². The minimum Gasteiger partial charge on any atom is -0.411 e. The molecule has 0 saturated heterocycles. The van der Waals surface area contributed by atoms with Crippen molar-refractivity contribution in [3.63, 3.8) is 0 Å². The lowest BCUT2D eigenvalue weighted by atomic mass is 10.2. The maximum absolute atomic E-state index is 12.0. The molecule has 0 radical (unpaired) electrons. The highest BCUT2D eigenvalue weighted by molar-refractivity contribution is 7.98. The molecular formula is C16H11ClN4O3S. The van der Waals surface area contributed by atoms with E-state index >= 15 is 0 Å². The predicted octanol–water partition coefficient (Wildman–Crippen LogP) is 3.59. The molecule has 0 spiro atoms. The highest BCUT2D eigenvalue weighted by atomic mass is 35.5. The maximum Gasteiger partial charge on any atom is 0.287 e. The number of benzene rings is 1. The van der Waals surface area contributed by atoms with E-state index < -0.39 is 0 Å². The van der Waals surface area contributed by atoms with Crippen LogP contribution in [0.25, 0.3) is 17.1 Å². The fourth-order valence-corrected chi connectivity index (χ4v) is 3.17. The van der Waals surface area contributed by atoms with Crippen molar-refractivity contribution >= 4 is 29.0 Å². The third kappa shape index (κ3) is 3.18. The van der Waals surface area contributed by atoms with E-state index in [1.807, 2.05) is 18.2 Å². The van der Waals surface area contributed by atoms with Gasteiger partial charge in [-0.1, -0.05) is 35.5 Å². The summed E-state index contributed by atoms with van der Waals surface area (Å²) in [4.78, 5) is 16.4. The highest BCUT2D eigenvalue weighted by Gasteiger charge is 2.13. The average Bonchev–Trinajstić information content (AvgIpc) is 3.19. The fraction of sp³-hybridized carbons (Fsp3) is 0.125. The van der Waals surface area contributed by atoms with Crippen LogP contribution in [0.4, 0.5) is 0 Å². The van der Waals surface area contributed by atoms with Gasteiger partial charge in [0.25, 0.3) is 10.8 Å². The number of aromatic nitrogens is 4. The molecule has 4 aromatic rings. The molecule has 0 N–H and O–H groups in total. The molecular weight excluding hydrogens is 364 g/mol. The summed E-state index contributed by atoms with van der Waals surface area (Å²) < 4.78 is 12.0. The van der Waals surface area contributed by atoms with Crippen molar-refractivity contribution in [3.05, 3.63) is 63.2 Å². The van der Waals surface area contributed by atoms with Crippen LogP contribution >= 0.6 is 23.4 Å². The SMILES string of the molecule is Cc1cc2nc(CSc3nnc(-c4ccccc4Cl)o3)cc(=O)n2o1. The minimum absolute atomic E-state index is 0.268. The Hall–Kier alpha value is -2.58. The third-order valence-electron chi connectivity index (χ3n) is 3.38. The number of thioether (sulfide) groups is 1. The van der Waals surface area contributed by atoms with Crippen molar-refractivity contribution in [2.45, 2.75) is 17.9 Å². The summed E-state index contributed by atoms with van der Waals surface area (Å²) in [6, 6.07) is 10.4. The summed E-state index contributed by atoms with van der Waals surface area (Å²) in [5.74, 6) is 1.39. The predicted molar refractivity (Wildman–Crippen MR) is 92.8 cm³/mol. The zero-order valence-corrected chi connectivity index (χ0v) is 14.5. The van der Waals surface area contributed by atoms with Gasteiger partial charge in [-0.25, -0.2) is 4.98 Å². The molecule has 9 heteroatoms. The van der Waals surface area contributed by atoms with E-state index in [0.29, 0.717) is 44.6 Å². The molecule has 0 aliphatic carbocycles. The summed E-state index contributed by atoms with van der Waals surface area (Å²) >= 11 is 7.42. The van der Waals surface area contributed by atoms with E-state index in [2.05, 4.69) is 15.2 Å². The number of halogens is 1. The minimum atomic E-state index is -0.268. The molecule has 0 amide bonds. The van der Waals surface area contributed by atoms with Crippen LogP contribution < -0.4 is 5.56 Å². The average molecular weight is 375 g/mol. The number of hydrogen-bond donors (Lipinski definition) is 0. The van der Waals surface area contributed by atoms with Gasteiger partial charge in [0, 0.05) is 17.9 Å². The van der Waals surface area contributed by atoms with Gasteiger partial charge in [0.2, 0.25) is 5.89 Å². The van der Waals surface area contributed by atoms with Gasteiger partial charge in [-0.15, -0.1) is 14.8 Å². The van der Waals surface area contributed by atoms with Crippen LogP contribution in [-0.2, 0) is 5.75 Å². The Balaban J connectivity index is 1.54. The molecule has 7 nitrogen and oxygen atoms in total. The van der Waals surface area contributed by atoms with E-state index in [-0.39, 0.29) is 5.56 Å². The summed E-state index contributed by atoms with van der Waals surface area (Å²) in [6.07, 6.45) is 0. The molecule has 0 unspecified atom stereocenters. The second-order valence-electron chi connectivity index (χ2n) is 5.23. The van der Waals surface area contributed by atoms with Crippen LogP contribution in [0.15, 0.2) is 55.4 Å². The molecule has 0 aliphatic heterocycles. The van der Waals surface area contributed by atoms with Crippen LogP contribution in [0.5, 0.6) is 0 Å². The molecule has 126 valence electrons. The van der Waals surface area contributed by atoms with Crippen molar-refractivity contribution in [2.24, 2.45) is 0 Å². The first-order chi connectivity index (χ1) is 12.1. The van der Waals surface area contributed by atoms with Gasteiger partial charge >= 0.3 is 0 Å². The molecule has 25 heavy (non-hydrogen) atoms. The van der Waals surface area contributed by atoms with Crippen molar-refractivity contribution in [1.29, 1.82) is 0 Å². The number of aryl methyl sites for hydroxylation is 1. The summed E-state index contributed by atoms with van der Waals surface area (Å²) in [7, 11) is 0. The summed E-state index contributed by atoms with van der Waals surface area (Å²) in [5, 5.41) is 8.92. The van der Waals surface area contributed by atoms with Gasteiger partial charge < -0.3 is 8.94 Å². The number of fused-ring (bicyclic) bond motifs is 1. The van der Waals surface area contributed by atoms with Gasteiger partial charge in [-0.05, 0) is 19.1 Å². The Labute approximate surface area is 150 Å². The van der Waals surface area contributed by atoms with Crippen LogP contribution in [0.3, 0.4) is 0 Å². The Morgan fingerprint density at radius 2 is 2.08 bits per heavy atom. The van der Waals surface area contributed by atoms with Crippen LogP contribution in [0, 0.1) is 6.92 Å². The largest absolute Gasteiger partial charge is 0.411 e. The maximum atomic E-state index is 12.0. The van der Waals surface area contributed by atoms with Gasteiger partial charge in [-0.2, -0.15) is 0 Å². The normalized spacial score (nSPS) is 11.3. The van der Waals surface area contributed by atoms with Gasteiger partial charge in [-0.3, -0.25) is 4.79 Å². The zero-order valence-electron chi connectivity index (χ0n) is 13.0. The Morgan fingerprint density at radius 1 is 1.24 bits per heavy atom. The van der Waals surface area contributed by atoms with E-state index in [0.717, 1.165) is 4.57 Å². The first-order valence-corrected chi connectivity index (χ1v) is 8.67. The van der Waals surface area contributed by atoms with Gasteiger partial charge in [0.1, 0.15) is 5.76 Å². The molecule has 1 aromatic carbocycles. The van der Waals surface area contributed by atoms with E-state index in [4.69, 9.17) is 20.5 Å². The lowest BCUT2D eigenvalue weighted by Crippen LogP contribution is -2.12. The Kier molecular flexibility index (Phi) is 4.06. The molecule has 0 fully saturated rings. The van der Waals surface area contributed by atoms with E-state index in [1.165, 1.54) is 17.8 Å². The molecule has 0 aliphatic rings. The second-order valence-corrected chi connectivity index (χ2v) is 6.56. The lowest BCUT2D eigenvalue weighted by molar-refractivity contribution is 0.344. The van der Waals surface area contributed by atoms with E-state index in [9.17, 15) is 4.79 Å². The quantitative estimate of drug-likeness (QED) is 0.504. The molecule has 3 heterocycles. The fourth-order valence-electron chi connectivity index (χ4n) is 2.29. The summed E-state index contributed by atoms with van der Waals surface area (Å²) in [6.45, 7) is 1.76. The zero-order chi connectivity index (χ0) is 17.4. The van der Waals surface area contributed by atoms with Gasteiger partial charge in [0.15, 0.2) is 5.65 Å². The number of rotatable bonds is 4. The first-order valence-electron chi connectivity index (χ1n) is 7.31. The van der Waals surface area contributed by atoms with E-state index in [1.54, 1.807) is 19.1 Å². The summed E-state index contributed by atoms with van der Waals surface area (Å²) in [5.41, 5.74) is 1.49. The van der Waals surface area contributed by atoms with Crippen molar-refractivity contribution in [1.82, 2.24) is 19.8 Å². The molecule has 0 saturated carbocycles. The smallest absolute Gasteiger partial charge is 0.287 e. The lowest BCUT2D eigenvalue weighted by Gasteiger charge is -1.98. The third-order valence-corrected chi connectivity index (χ3v) is 4.56. The number of nitrogens with zero attached hydrogens (tertiary/aromatic N) is 4. The molecule has 3 aromatic heterocycles. The highest BCUT2D eigenvalue weighted by Crippen LogP contribution is 2.29. The topological polar surface area (TPSA) is 86.4 Å². The Morgan fingerprint density at radius 3 is 2.92 bits per heavy atom. The van der Waals surface area contributed by atoms with Crippen molar-refractivity contribution in [3.8, 4) is 11.5 Å². The van der Waals surface area contributed by atoms with Crippen molar-refractivity contribution in [2.75, 3.05) is 0 Å². The molecule has 0 bridgehead atoms. The van der Waals surface area contributed by atoms with Crippen LogP contribution in [-0.4, -0.2) is 19.8 Å². The Bertz CT molecular complexity index is 1120. The van der Waals surface area contributed by atoms with Crippen LogP contribution in [0.2, 0.25) is 5.02 Å². The monoisotopic (exact) mass is 374 g/mol. The van der Waals surface area contributed by atoms with Crippen molar-refractivity contribution < 1.29 is 8.94 Å². The molecule has 0 atom stereocenters. The first kappa shape index (κ1) is 15.9. The second kappa shape index (κ2) is 6.38. The van der Waals surface area contributed by atoms with Crippen LogP contribution in [0.1, 0.15) is 11.5 Å². The number of hydrogen-bond acceptors (Lipinski definition) is 7. The standard InChI is InChI=1S/C16H11ClN4O3S/c1-9-6-13-18-10(7-14(22)21(13)24-9)8-25-16-20-19-15(23-16)11-4-2-3-5-12(11)17/h2-7H,8H2,1H3.